The molecule has 3 saturated carbocycles. The number of carboxylic acids is 2. The zero-order valence-corrected chi connectivity index (χ0v) is 22.6. The Labute approximate surface area is 216 Å². The molecular weight excluding hydrogens is 413 g/mol. The van der Waals surface area contributed by atoms with Crippen LogP contribution in [0, 0.1) is 29.6 Å². The van der Waals surface area contributed by atoms with Crippen LogP contribution in [0.15, 0.2) is 11.6 Å². The molecular formula is C26H43NNaO4+. The molecule has 6 heteroatoms. The standard InChI is InChI=1S/C26H43NO4.Na/c1-27(2)23-13-7-18(8-14-23)15-24(21-9-3-19(4-10-21)16-25(28)29)22-11-5-20(6-12-22)17-26(30)31;/h15,18-23H,3-14,16-17H2,1-2H3,(H,28,29)(H,30,31);/q;+1. The molecule has 0 heterocycles. The fraction of sp³-hybridized carbons (Fsp3) is 0.846. The summed E-state index contributed by atoms with van der Waals surface area (Å²) >= 11 is 0. The van der Waals surface area contributed by atoms with Crippen molar-refractivity contribution in [2.75, 3.05) is 14.1 Å². The molecule has 3 fully saturated rings. The number of carboxylic acid groups (broad SMARTS) is 2. The van der Waals surface area contributed by atoms with E-state index in [4.69, 9.17) is 10.2 Å². The van der Waals surface area contributed by atoms with Crippen LogP contribution in [0.25, 0.3) is 0 Å². The van der Waals surface area contributed by atoms with Crippen molar-refractivity contribution < 1.29 is 49.4 Å². The average Bonchev–Trinajstić information content (AvgIpc) is 2.73. The first-order valence-electron chi connectivity index (χ1n) is 12.6. The van der Waals surface area contributed by atoms with E-state index in [9.17, 15) is 9.59 Å². The molecule has 2 N–H and O–H groups in total. The van der Waals surface area contributed by atoms with Gasteiger partial charge >= 0.3 is 41.5 Å². The van der Waals surface area contributed by atoms with Crippen molar-refractivity contribution in [3.63, 3.8) is 0 Å². The minimum absolute atomic E-state index is 0. The van der Waals surface area contributed by atoms with Crippen LogP contribution < -0.4 is 29.6 Å². The van der Waals surface area contributed by atoms with Crippen molar-refractivity contribution in [3.8, 4) is 0 Å². The summed E-state index contributed by atoms with van der Waals surface area (Å²) in [4.78, 5) is 24.6. The van der Waals surface area contributed by atoms with Crippen molar-refractivity contribution in [1.82, 2.24) is 4.90 Å². The summed E-state index contributed by atoms with van der Waals surface area (Å²) in [6.07, 6.45) is 17.1. The van der Waals surface area contributed by atoms with Crippen molar-refractivity contribution in [2.24, 2.45) is 29.6 Å². The van der Waals surface area contributed by atoms with Gasteiger partial charge in [-0.15, -0.1) is 0 Å². The van der Waals surface area contributed by atoms with E-state index in [1.807, 2.05) is 0 Å². The molecule has 0 spiro atoms. The Hall–Kier alpha value is -0.360. The van der Waals surface area contributed by atoms with Gasteiger partial charge in [0.15, 0.2) is 0 Å². The summed E-state index contributed by atoms with van der Waals surface area (Å²) in [5, 5.41) is 18.3. The quantitative estimate of drug-likeness (QED) is 0.434. The average molecular weight is 457 g/mol. The number of hydrogen-bond donors (Lipinski definition) is 2. The fourth-order valence-corrected chi connectivity index (χ4v) is 6.56. The van der Waals surface area contributed by atoms with Gasteiger partial charge in [0.1, 0.15) is 0 Å². The predicted molar refractivity (Wildman–Crippen MR) is 123 cm³/mol. The minimum Gasteiger partial charge on any atom is -0.481 e. The summed E-state index contributed by atoms with van der Waals surface area (Å²) in [5.41, 5.74) is 1.66. The molecule has 0 aromatic carbocycles. The molecule has 0 radical (unpaired) electrons. The summed E-state index contributed by atoms with van der Waals surface area (Å²) in [6, 6.07) is 0.714. The third-order valence-corrected chi connectivity index (χ3v) is 8.46. The second-order valence-corrected chi connectivity index (χ2v) is 10.8. The van der Waals surface area contributed by atoms with Crippen molar-refractivity contribution in [1.29, 1.82) is 0 Å². The van der Waals surface area contributed by atoms with E-state index in [0.717, 1.165) is 51.4 Å². The van der Waals surface area contributed by atoms with E-state index in [2.05, 4.69) is 25.1 Å². The molecule has 0 atom stereocenters. The zero-order valence-electron chi connectivity index (χ0n) is 20.6. The molecule has 0 unspecified atom stereocenters. The van der Waals surface area contributed by atoms with E-state index in [1.54, 1.807) is 5.57 Å². The number of hydrogen-bond acceptors (Lipinski definition) is 3. The third kappa shape index (κ3) is 8.45. The number of aliphatic carboxylic acids is 2. The summed E-state index contributed by atoms with van der Waals surface area (Å²) in [7, 11) is 4.38. The summed E-state index contributed by atoms with van der Waals surface area (Å²) < 4.78 is 0. The van der Waals surface area contributed by atoms with Gasteiger partial charge in [0.2, 0.25) is 0 Å². The molecule has 0 aromatic heterocycles. The van der Waals surface area contributed by atoms with Crippen LogP contribution >= 0.6 is 0 Å². The van der Waals surface area contributed by atoms with Gasteiger partial charge in [0, 0.05) is 18.9 Å². The first-order valence-corrected chi connectivity index (χ1v) is 12.6. The number of nitrogens with zero attached hydrogens (tertiary/aromatic N) is 1. The zero-order chi connectivity index (χ0) is 22.4. The second kappa shape index (κ2) is 13.5. The van der Waals surface area contributed by atoms with Gasteiger partial charge in [-0.1, -0.05) is 11.6 Å². The van der Waals surface area contributed by atoms with Crippen LogP contribution in [0.4, 0.5) is 0 Å². The maximum absolute atomic E-state index is 11.1. The molecule has 0 aromatic rings. The SMILES string of the molecule is CN(C)C1CCC(C=C(C2CCC(CC(=O)O)CC2)C2CCC(CC(=O)O)CC2)CC1.[Na+]. The number of allylic oxidation sites excluding steroid dienone is 2. The first kappa shape index (κ1) is 27.9. The van der Waals surface area contributed by atoms with Gasteiger partial charge in [0.25, 0.3) is 0 Å². The number of carbonyl (C=O) groups is 2. The Morgan fingerprint density at radius 3 is 1.47 bits per heavy atom. The van der Waals surface area contributed by atoms with Crippen molar-refractivity contribution in [3.05, 3.63) is 11.6 Å². The van der Waals surface area contributed by atoms with Gasteiger partial charge in [0.05, 0.1) is 0 Å². The molecule has 32 heavy (non-hydrogen) atoms. The Kier molecular flexibility index (Phi) is 11.8. The smallest absolute Gasteiger partial charge is 0.481 e. The Morgan fingerprint density at radius 2 is 1.12 bits per heavy atom. The molecule has 3 rings (SSSR count). The first-order chi connectivity index (χ1) is 14.8. The number of rotatable bonds is 8. The van der Waals surface area contributed by atoms with Crippen LogP contribution in [-0.4, -0.2) is 47.2 Å². The van der Waals surface area contributed by atoms with E-state index in [-0.39, 0.29) is 29.6 Å². The van der Waals surface area contributed by atoms with Crippen molar-refractivity contribution >= 4 is 11.9 Å². The third-order valence-electron chi connectivity index (χ3n) is 8.46. The van der Waals surface area contributed by atoms with E-state index < -0.39 is 11.9 Å². The van der Waals surface area contributed by atoms with Gasteiger partial charge in [-0.3, -0.25) is 9.59 Å². The Balaban J connectivity index is 0.00000363. The van der Waals surface area contributed by atoms with Crippen LogP contribution in [0.1, 0.15) is 89.9 Å². The van der Waals surface area contributed by atoms with E-state index >= 15 is 0 Å². The topological polar surface area (TPSA) is 77.8 Å². The van der Waals surface area contributed by atoms with Crippen LogP contribution in [0.2, 0.25) is 0 Å². The van der Waals surface area contributed by atoms with Gasteiger partial charge < -0.3 is 15.1 Å². The normalized spacial score (nSPS) is 33.2. The molecule has 0 amide bonds. The minimum atomic E-state index is -0.659. The Bertz CT molecular complexity index is 588. The molecule has 3 aliphatic carbocycles. The van der Waals surface area contributed by atoms with Gasteiger partial charge in [-0.05, 0) is 121 Å². The largest absolute Gasteiger partial charge is 1.00 e. The van der Waals surface area contributed by atoms with Crippen LogP contribution in [-0.2, 0) is 9.59 Å². The van der Waals surface area contributed by atoms with Gasteiger partial charge in [-0.25, -0.2) is 0 Å². The molecule has 176 valence electrons. The van der Waals surface area contributed by atoms with Gasteiger partial charge in [-0.2, -0.15) is 0 Å². The summed E-state index contributed by atoms with van der Waals surface area (Å²) in [5.74, 6) is 1.27. The van der Waals surface area contributed by atoms with E-state index in [0.29, 0.717) is 48.5 Å². The van der Waals surface area contributed by atoms with Crippen LogP contribution in [0.5, 0.6) is 0 Å². The maximum atomic E-state index is 11.1. The molecule has 0 saturated heterocycles. The molecule has 5 nitrogen and oxygen atoms in total. The maximum Gasteiger partial charge on any atom is 1.00 e. The molecule has 0 aliphatic heterocycles. The second-order valence-electron chi connectivity index (χ2n) is 10.8. The van der Waals surface area contributed by atoms with Crippen LogP contribution in [0.3, 0.4) is 0 Å². The van der Waals surface area contributed by atoms with E-state index in [1.165, 1.54) is 25.7 Å². The monoisotopic (exact) mass is 456 g/mol. The summed E-state index contributed by atoms with van der Waals surface area (Å²) in [6.45, 7) is 0. The molecule has 3 aliphatic rings. The Morgan fingerprint density at radius 1 is 0.719 bits per heavy atom. The molecule has 0 bridgehead atoms. The predicted octanol–water partition coefficient (Wildman–Crippen LogP) is 2.60. The van der Waals surface area contributed by atoms with Crippen molar-refractivity contribution in [2.45, 2.75) is 95.9 Å². The fourth-order valence-electron chi connectivity index (χ4n) is 6.56.